The molecular weight excluding hydrogens is 314 g/mol. The molecule has 1 aliphatic carbocycles. The van der Waals surface area contributed by atoms with Crippen molar-refractivity contribution in [2.75, 3.05) is 26.4 Å². The smallest absolute Gasteiger partial charge is 0.226 e. The number of halogens is 1. The first kappa shape index (κ1) is 15.3. The first-order valence-electron chi connectivity index (χ1n) is 8.43. The molecule has 0 bridgehead atoms. The normalized spacial score (nSPS) is 32.9. The number of hydrogen-bond acceptors (Lipinski definition) is 3. The lowest BCUT2D eigenvalue weighted by molar-refractivity contribution is -0.135. The average Bonchev–Trinajstić information content (AvgIpc) is 3.29. The van der Waals surface area contributed by atoms with Crippen molar-refractivity contribution in [1.29, 1.82) is 0 Å². The topological polar surface area (TPSA) is 38.8 Å². The number of amides is 1. The fourth-order valence-corrected chi connectivity index (χ4v) is 4.29. The number of nitrogens with zero attached hydrogens (tertiary/aromatic N) is 1. The molecule has 3 aliphatic rings. The fraction of sp³-hybridized carbons (Fsp3) is 0.611. The van der Waals surface area contributed by atoms with Gasteiger partial charge in [-0.1, -0.05) is 11.6 Å². The minimum atomic E-state index is -0.0670. The van der Waals surface area contributed by atoms with Crippen molar-refractivity contribution in [3.8, 4) is 5.75 Å². The van der Waals surface area contributed by atoms with E-state index in [2.05, 4.69) is 6.92 Å². The lowest BCUT2D eigenvalue weighted by Crippen LogP contribution is -2.42. The Balaban J connectivity index is 1.60. The lowest BCUT2D eigenvalue weighted by Gasteiger charge is -2.30. The number of hydrogen-bond donors (Lipinski definition) is 0. The quantitative estimate of drug-likeness (QED) is 0.792. The Morgan fingerprint density at radius 1 is 1.35 bits per heavy atom. The summed E-state index contributed by atoms with van der Waals surface area (Å²) in [7, 11) is 0. The van der Waals surface area contributed by atoms with E-state index in [1.807, 2.05) is 23.1 Å². The molecule has 0 radical (unpaired) electrons. The van der Waals surface area contributed by atoms with Crippen LogP contribution in [0.15, 0.2) is 18.2 Å². The summed E-state index contributed by atoms with van der Waals surface area (Å²) in [6.07, 6.45) is 2.72. The molecule has 5 heteroatoms. The van der Waals surface area contributed by atoms with Crippen LogP contribution in [0.5, 0.6) is 5.75 Å². The van der Waals surface area contributed by atoms with Gasteiger partial charge in [-0.15, -0.1) is 0 Å². The largest absolute Gasteiger partial charge is 0.493 e. The Labute approximate surface area is 141 Å². The van der Waals surface area contributed by atoms with E-state index in [0.717, 1.165) is 37.2 Å². The zero-order valence-corrected chi connectivity index (χ0v) is 14.1. The highest BCUT2D eigenvalue weighted by Crippen LogP contribution is 2.61. The second-order valence-electron chi connectivity index (χ2n) is 6.93. The van der Waals surface area contributed by atoms with E-state index in [9.17, 15) is 4.79 Å². The van der Waals surface area contributed by atoms with Crippen LogP contribution in [0.1, 0.15) is 31.7 Å². The summed E-state index contributed by atoms with van der Waals surface area (Å²) in [5, 5.41) is 0.711. The van der Waals surface area contributed by atoms with Crippen LogP contribution in [0.25, 0.3) is 0 Å². The van der Waals surface area contributed by atoms with E-state index in [1.54, 1.807) is 0 Å². The van der Waals surface area contributed by atoms with Gasteiger partial charge >= 0.3 is 0 Å². The molecule has 0 N–H and O–H groups in total. The summed E-state index contributed by atoms with van der Waals surface area (Å²) in [5.41, 5.74) is 1.05. The van der Waals surface area contributed by atoms with Gasteiger partial charge in [-0.2, -0.15) is 0 Å². The highest BCUT2D eigenvalue weighted by Gasteiger charge is 2.62. The third kappa shape index (κ3) is 2.52. The van der Waals surface area contributed by atoms with Crippen LogP contribution >= 0.6 is 11.6 Å². The van der Waals surface area contributed by atoms with Crippen LogP contribution in [0, 0.1) is 5.92 Å². The summed E-state index contributed by atoms with van der Waals surface area (Å²) < 4.78 is 11.3. The molecule has 4 nitrogen and oxygen atoms in total. The van der Waals surface area contributed by atoms with Crippen LogP contribution in [0.4, 0.5) is 0 Å². The molecule has 0 aromatic heterocycles. The maximum absolute atomic E-state index is 13.1. The molecule has 1 saturated heterocycles. The molecule has 4 rings (SSSR count). The Hall–Kier alpha value is -1.26. The van der Waals surface area contributed by atoms with Crippen LogP contribution in [0.2, 0.25) is 5.02 Å². The molecule has 1 amide bonds. The second kappa shape index (κ2) is 5.67. The van der Waals surface area contributed by atoms with Crippen molar-refractivity contribution in [2.45, 2.75) is 37.6 Å². The van der Waals surface area contributed by atoms with Crippen molar-refractivity contribution in [3.63, 3.8) is 0 Å². The van der Waals surface area contributed by atoms with E-state index in [4.69, 9.17) is 21.1 Å². The monoisotopic (exact) mass is 335 g/mol. The van der Waals surface area contributed by atoms with Crippen LogP contribution in [-0.4, -0.2) is 43.2 Å². The molecule has 3 atom stereocenters. The van der Waals surface area contributed by atoms with Crippen molar-refractivity contribution in [2.24, 2.45) is 5.92 Å². The minimum absolute atomic E-state index is 0.0594. The Bertz CT molecular complexity index is 635. The number of rotatable bonds is 1. The predicted octanol–water partition coefficient (Wildman–Crippen LogP) is 3.02. The van der Waals surface area contributed by atoms with Gasteiger partial charge in [-0.3, -0.25) is 4.79 Å². The van der Waals surface area contributed by atoms with Gasteiger partial charge in [-0.25, -0.2) is 0 Å². The van der Waals surface area contributed by atoms with E-state index in [-0.39, 0.29) is 23.3 Å². The molecule has 2 heterocycles. The molecular formula is C18H22ClNO3. The van der Waals surface area contributed by atoms with Gasteiger partial charge in [0.25, 0.3) is 0 Å². The summed E-state index contributed by atoms with van der Waals surface area (Å²) in [6, 6.07) is 6.02. The van der Waals surface area contributed by atoms with Crippen molar-refractivity contribution < 1.29 is 14.3 Å². The predicted molar refractivity (Wildman–Crippen MR) is 88.0 cm³/mol. The first-order valence-corrected chi connectivity index (χ1v) is 8.81. The number of benzene rings is 1. The van der Waals surface area contributed by atoms with Crippen molar-refractivity contribution >= 4 is 17.5 Å². The fourth-order valence-electron chi connectivity index (χ4n) is 4.12. The standard InChI is InChI=1S/C18H22ClNO3/c1-12-4-7-22-9-6-20(12)17(21)15-11-18(15)5-8-23-16-3-2-13(19)10-14(16)18/h2-3,10,12,15H,4-9,11H2,1H3/t12-,15-,18-/m0/s1. The molecule has 124 valence electrons. The molecule has 1 spiro atoms. The summed E-state index contributed by atoms with van der Waals surface area (Å²) in [4.78, 5) is 15.1. The van der Waals surface area contributed by atoms with Gasteiger partial charge in [0.1, 0.15) is 5.75 Å². The maximum atomic E-state index is 13.1. The molecule has 23 heavy (non-hydrogen) atoms. The molecule has 2 aliphatic heterocycles. The molecule has 2 fully saturated rings. The number of ether oxygens (including phenoxy) is 2. The van der Waals surface area contributed by atoms with Crippen LogP contribution in [0.3, 0.4) is 0 Å². The zero-order chi connectivity index (χ0) is 16.0. The van der Waals surface area contributed by atoms with E-state index >= 15 is 0 Å². The SMILES string of the molecule is C[C@H]1CCOCCN1C(=O)[C@@H]1C[C@]12CCOc1ccc(Cl)cc12. The summed E-state index contributed by atoms with van der Waals surface area (Å²) in [5.74, 6) is 1.23. The zero-order valence-electron chi connectivity index (χ0n) is 13.4. The number of carbonyl (C=O) groups excluding carboxylic acids is 1. The van der Waals surface area contributed by atoms with Gasteiger partial charge in [0, 0.05) is 41.1 Å². The molecule has 1 aromatic carbocycles. The summed E-state index contributed by atoms with van der Waals surface area (Å²) >= 11 is 6.19. The average molecular weight is 336 g/mol. The van der Waals surface area contributed by atoms with Crippen LogP contribution < -0.4 is 4.74 Å². The number of fused-ring (bicyclic) bond motifs is 2. The Kier molecular flexibility index (Phi) is 3.77. The summed E-state index contributed by atoms with van der Waals surface area (Å²) in [6.45, 7) is 4.88. The van der Waals surface area contributed by atoms with E-state index in [1.165, 1.54) is 0 Å². The van der Waals surface area contributed by atoms with E-state index in [0.29, 0.717) is 24.8 Å². The Morgan fingerprint density at radius 3 is 3.09 bits per heavy atom. The van der Waals surface area contributed by atoms with Crippen molar-refractivity contribution in [3.05, 3.63) is 28.8 Å². The van der Waals surface area contributed by atoms with Gasteiger partial charge in [0.2, 0.25) is 5.91 Å². The highest BCUT2D eigenvalue weighted by molar-refractivity contribution is 6.30. The van der Waals surface area contributed by atoms with Gasteiger partial charge in [-0.05, 0) is 44.4 Å². The second-order valence-corrected chi connectivity index (χ2v) is 7.37. The molecule has 1 aromatic rings. The van der Waals surface area contributed by atoms with E-state index < -0.39 is 0 Å². The van der Waals surface area contributed by atoms with Gasteiger partial charge < -0.3 is 14.4 Å². The Morgan fingerprint density at radius 2 is 2.22 bits per heavy atom. The van der Waals surface area contributed by atoms with Crippen LogP contribution in [-0.2, 0) is 14.9 Å². The first-order chi connectivity index (χ1) is 11.1. The number of carbonyl (C=O) groups is 1. The molecule has 0 unspecified atom stereocenters. The molecule has 1 saturated carbocycles. The van der Waals surface area contributed by atoms with Gasteiger partial charge in [0.05, 0.1) is 13.2 Å². The minimum Gasteiger partial charge on any atom is -0.493 e. The highest BCUT2D eigenvalue weighted by atomic mass is 35.5. The van der Waals surface area contributed by atoms with Crippen molar-refractivity contribution in [1.82, 2.24) is 4.90 Å². The van der Waals surface area contributed by atoms with Gasteiger partial charge in [0.15, 0.2) is 0 Å². The maximum Gasteiger partial charge on any atom is 0.226 e. The third-order valence-electron chi connectivity index (χ3n) is 5.63. The lowest BCUT2D eigenvalue weighted by atomic mass is 9.87. The third-order valence-corrected chi connectivity index (χ3v) is 5.86.